The topological polar surface area (TPSA) is 74.6 Å². The number of nitriles is 1. The summed E-state index contributed by atoms with van der Waals surface area (Å²) in [5, 5.41) is 19.1. The molecule has 27 heavy (non-hydrogen) atoms. The summed E-state index contributed by atoms with van der Waals surface area (Å²) < 4.78 is 43.4. The van der Waals surface area contributed by atoms with Crippen LogP contribution in [0.3, 0.4) is 0 Å². The van der Waals surface area contributed by atoms with Gasteiger partial charge in [-0.05, 0) is 48.2 Å². The Morgan fingerprint density at radius 2 is 1.78 bits per heavy atom. The number of alkyl halides is 3. The predicted molar refractivity (Wildman–Crippen MR) is 90.7 cm³/mol. The summed E-state index contributed by atoms with van der Waals surface area (Å²) in [4.78, 5) is 0. The van der Waals surface area contributed by atoms with E-state index in [-0.39, 0.29) is 12.3 Å². The molecule has 1 N–H and O–H groups in total. The minimum Gasteiger partial charge on any atom is -0.489 e. The molecule has 1 heterocycles. The molecule has 0 aliphatic heterocycles. The molecule has 0 bridgehead atoms. The fourth-order valence-corrected chi connectivity index (χ4v) is 2.53. The SMILES string of the molecule is N#Cc1n[nH]nc1CCc1cccc(OCc2ccc(C(F)(F)F)cc2)c1. The van der Waals surface area contributed by atoms with Crippen LogP contribution in [-0.4, -0.2) is 15.4 Å². The van der Waals surface area contributed by atoms with E-state index in [2.05, 4.69) is 15.4 Å². The Kier molecular flexibility index (Phi) is 5.41. The maximum atomic E-state index is 12.6. The number of nitrogens with zero attached hydrogens (tertiary/aromatic N) is 3. The lowest BCUT2D eigenvalue weighted by molar-refractivity contribution is -0.137. The van der Waals surface area contributed by atoms with Crippen LogP contribution >= 0.6 is 0 Å². The monoisotopic (exact) mass is 372 g/mol. The van der Waals surface area contributed by atoms with Crippen LogP contribution in [0.1, 0.15) is 28.1 Å². The average molecular weight is 372 g/mol. The molecule has 5 nitrogen and oxygen atoms in total. The molecular formula is C19H15F3N4O. The highest BCUT2D eigenvalue weighted by atomic mass is 19.4. The van der Waals surface area contributed by atoms with Gasteiger partial charge in [-0.3, -0.25) is 0 Å². The van der Waals surface area contributed by atoms with Gasteiger partial charge in [0.15, 0.2) is 5.69 Å². The first kappa shape index (κ1) is 18.5. The van der Waals surface area contributed by atoms with E-state index in [1.54, 1.807) is 6.07 Å². The fourth-order valence-electron chi connectivity index (χ4n) is 2.53. The van der Waals surface area contributed by atoms with E-state index in [0.717, 1.165) is 17.7 Å². The summed E-state index contributed by atoms with van der Waals surface area (Å²) in [7, 11) is 0. The van der Waals surface area contributed by atoms with Gasteiger partial charge in [0.2, 0.25) is 0 Å². The first-order valence-corrected chi connectivity index (χ1v) is 8.13. The van der Waals surface area contributed by atoms with E-state index in [0.29, 0.717) is 29.8 Å². The molecule has 0 spiro atoms. The number of aromatic nitrogens is 3. The third-order valence-electron chi connectivity index (χ3n) is 3.96. The number of hydrogen-bond acceptors (Lipinski definition) is 4. The first-order valence-electron chi connectivity index (χ1n) is 8.13. The summed E-state index contributed by atoms with van der Waals surface area (Å²) in [5.41, 5.74) is 1.84. The van der Waals surface area contributed by atoms with E-state index in [1.165, 1.54) is 12.1 Å². The molecule has 0 aliphatic carbocycles. The summed E-state index contributed by atoms with van der Waals surface area (Å²) in [6.07, 6.45) is -3.14. The molecule has 138 valence electrons. The van der Waals surface area contributed by atoms with Crippen LogP contribution in [0.4, 0.5) is 13.2 Å². The molecule has 1 aromatic heterocycles. The second kappa shape index (κ2) is 7.91. The van der Waals surface area contributed by atoms with E-state index in [9.17, 15) is 13.2 Å². The van der Waals surface area contributed by atoms with E-state index in [4.69, 9.17) is 10.00 Å². The number of hydrogen-bond donors (Lipinski definition) is 1. The largest absolute Gasteiger partial charge is 0.489 e. The zero-order chi connectivity index (χ0) is 19.3. The van der Waals surface area contributed by atoms with Gasteiger partial charge >= 0.3 is 6.18 Å². The molecule has 0 saturated carbocycles. The quantitative estimate of drug-likeness (QED) is 0.708. The molecule has 3 aromatic rings. The van der Waals surface area contributed by atoms with Gasteiger partial charge in [-0.1, -0.05) is 24.3 Å². The number of ether oxygens (including phenoxy) is 1. The lowest BCUT2D eigenvalue weighted by Crippen LogP contribution is -2.05. The Bertz CT molecular complexity index is 943. The number of nitrogens with one attached hydrogen (secondary N) is 1. The number of aromatic amines is 1. The van der Waals surface area contributed by atoms with Crippen molar-refractivity contribution in [3.8, 4) is 11.8 Å². The predicted octanol–water partition coefficient (Wildman–Crippen LogP) is 4.06. The number of H-pyrrole nitrogens is 1. The van der Waals surface area contributed by atoms with Crippen LogP contribution in [0, 0.1) is 11.3 Å². The lowest BCUT2D eigenvalue weighted by Gasteiger charge is -2.10. The van der Waals surface area contributed by atoms with Crippen LogP contribution < -0.4 is 4.74 Å². The zero-order valence-corrected chi connectivity index (χ0v) is 14.1. The van der Waals surface area contributed by atoms with Crippen molar-refractivity contribution in [2.75, 3.05) is 0 Å². The molecule has 0 unspecified atom stereocenters. The molecule has 0 amide bonds. The molecule has 3 rings (SSSR count). The average Bonchev–Trinajstić information content (AvgIpc) is 3.12. The van der Waals surface area contributed by atoms with Crippen molar-refractivity contribution in [3.05, 3.63) is 76.6 Å². The highest BCUT2D eigenvalue weighted by Crippen LogP contribution is 2.29. The second-order valence-electron chi connectivity index (χ2n) is 5.86. The number of halogens is 3. The number of benzene rings is 2. The van der Waals surface area contributed by atoms with Crippen molar-refractivity contribution in [1.82, 2.24) is 15.4 Å². The number of aryl methyl sites for hydroxylation is 2. The van der Waals surface area contributed by atoms with E-state index in [1.807, 2.05) is 24.3 Å². The summed E-state index contributed by atoms with van der Waals surface area (Å²) in [6.45, 7) is 0.170. The summed E-state index contributed by atoms with van der Waals surface area (Å²) in [5.74, 6) is 0.619. The maximum absolute atomic E-state index is 12.6. The Balaban J connectivity index is 1.58. The van der Waals surface area contributed by atoms with Crippen molar-refractivity contribution in [3.63, 3.8) is 0 Å². The molecule has 0 aliphatic rings. The molecule has 8 heteroatoms. The third kappa shape index (κ3) is 4.85. The second-order valence-corrected chi connectivity index (χ2v) is 5.86. The number of rotatable bonds is 6. The minimum absolute atomic E-state index is 0.170. The first-order chi connectivity index (χ1) is 13.0. The summed E-state index contributed by atoms with van der Waals surface area (Å²) >= 11 is 0. The highest BCUT2D eigenvalue weighted by molar-refractivity contribution is 5.31. The summed E-state index contributed by atoms with van der Waals surface area (Å²) in [6, 6.07) is 14.3. The maximum Gasteiger partial charge on any atom is 0.416 e. The molecular weight excluding hydrogens is 357 g/mol. The highest BCUT2D eigenvalue weighted by Gasteiger charge is 2.29. The smallest absolute Gasteiger partial charge is 0.416 e. The van der Waals surface area contributed by atoms with Gasteiger partial charge < -0.3 is 4.74 Å². The minimum atomic E-state index is -4.34. The zero-order valence-electron chi connectivity index (χ0n) is 14.1. The van der Waals surface area contributed by atoms with Crippen LogP contribution in [0.2, 0.25) is 0 Å². The van der Waals surface area contributed by atoms with Gasteiger partial charge in [0.1, 0.15) is 24.1 Å². The van der Waals surface area contributed by atoms with Crippen molar-refractivity contribution in [2.24, 2.45) is 0 Å². The molecule has 2 aromatic carbocycles. The van der Waals surface area contributed by atoms with Crippen LogP contribution in [0.5, 0.6) is 5.75 Å². The van der Waals surface area contributed by atoms with Gasteiger partial charge in [0.25, 0.3) is 0 Å². The molecule has 0 radical (unpaired) electrons. The van der Waals surface area contributed by atoms with Gasteiger partial charge in [0, 0.05) is 0 Å². The Hall–Kier alpha value is -3.34. The van der Waals surface area contributed by atoms with Crippen molar-refractivity contribution < 1.29 is 17.9 Å². The molecule has 0 fully saturated rings. The Morgan fingerprint density at radius 3 is 2.48 bits per heavy atom. The standard InChI is InChI=1S/C19H15F3N4O/c20-19(21,22)15-7-4-14(5-8-15)12-27-16-3-1-2-13(10-16)6-9-17-18(11-23)25-26-24-17/h1-5,7-8,10H,6,9,12H2,(H,24,25,26). The fraction of sp³-hybridized carbons (Fsp3) is 0.211. The van der Waals surface area contributed by atoms with E-state index < -0.39 is 11.7 Å². The van der Waals surface area contributed by atoms with Crippen molar-refractivity contribution in [1.29, 1.82) is 5.26 Å². The van der Waals surface area contributed by atoms with Crippen LogP contribution in [-0.2, 0) is 25.6 Å². The van der Waals surface area contributed by atoms with Gasteiger partial charge in [-0.2, -0.15) is 28.7 Å². The van der Waals surface area contributed by atoms with Gasteiger partial charge in [-0.15, -0.1) is 5.10 Å². The van der Waals surface area contributed by atoms with Gasteiger partial charge in [-0.25, -0.2) is 0 Å². The normalized spacial score (nSPS) is 11.2. The molecule has 0 atom stereocenters. The molecule has 0 saturated heterocycles. The lowest BCUT2D eigenvalue weighted by atomic mass is 10.1. The van der Waals surface area contributed by atoms with Crippen molar-refractivity contribution in [2.45, 2.75) is 25.6 Å². The van der Waals surface area contributed by atoms with Gasteiger partial charge in [0.05, 0.1) is 5.56 Å². The van der Waals surface area contributed by atoms with Crippen LogP contribution in [0.25, 0.3) is 0 Å². The Morgan fingerprint density at radius 1 is 1.00 bits per heavy atom. The van der Waals surface area contributed by atoms with Crippen LogP contribution in [0.15, 0.2) is 48.5 Å². The van der Waals surface area contributed by atoms with Crippen molar-refractivity contribution >= 4 is 0 Å². The Labute approximate surface area is 153 Å². The van der Waals surface area contributed by atoms with E-state index >= 15 is 0 Å². The third-order valence-corrected chi connectivity index (χ3v) is 3.96.